The van der Waals surface area contributed by atoms with Crippen molar-refractivity contribution in [1.82, 2.24) is 0 Å². The van der Waals surface area contributed by atoms with E-state index in [1.807, 2.05) is 57.7 Å². The molecular weight excluding hydrogens is 240 g/mol. The predicted octanol–water partition coefficient (Wildman–Crippen LogP) is 3.34. The van der Waals surface area contributed by atoms with Gasteiger partial charge in [-0.25, -0.2) is 0 Å². The van der Waals surface area contributed by atoms with E-state index in [-0.39, 0.29) is 5.41 Å². The van der Waals surface area contributed by atoms with Gasteiger partial charge in [0.15, 0.2) is 0 Å². The molecule has 0 aliphatic heterocycles. The van der Waals surface area contributed by atoms with Crippen LogP contribution in [0, 0.1) is 0 Å². The molecule has 1 aromatic carbocycles. The lowest BCUT2D eigenvalue weighted by atomic mass is 10.2. The first kappa shape index (κ1) is 14.8. The maximum Gasteiger partial charge on any atom is 0.146 e. The van der Waals surface area contributed by atoms with Gasteiger partial charge in [0.25, 0.3) is 0 Å². The molecule has 0 saturated heterocycles. The van der Waals surface area contributed by atoms with Crippen molar-refractivity contribution in [3.05, 3.63) is 35.9 Å². The van der Waals surface area contributed by atoms with Crippen LogP contribution in [0.4, 0.5) is 0 Å². The maximum atomic E-state index is 12.3. The summed E-state index contributed by atoms with van der Waals surface area (Å²) in [5, 5.41) is -0.237. The van der Waals surface area contributed by atoms with Gasteiger partial charge in [0.05, 0.1) is 0 Å². The Morgan fingerprint density at radius 3 is 2.28 bits per heavy atom. The summed E-state index contributed by atoms with van der Waals surface area (Å²) in [4.78, 5) is 23.7. The SMILES string of the molecule is CCC(=O)[Si](C)(Cc1ccccc1)C(C)(C)C=O. The molecule has 0 fully saturated rings. The van der Waals surface area contributed by atoms with Crippen LogP contribution < -0.4 is 0 Å². The molecule has 0 N–H and O–H groups in total. The Kier molecular flexibility index (Phi) is 4.63. The van der Waals surface area contributed by atoms with Crippen LogP contribution in [-0.2, 0) is 15.6 Å². The molecule has 0 aliphatic rings. The molecule has 0 bridgehead atoms. The number of rotatable bonds is 6. The average molecular weight is 262 g/mol. The molecule has 1 aromatic rings. The topological polar surface area (TPSA) is 34.1 Å². The molecule has 1 atom stereocenters. The van der Waals surface area contributed by atoms with Gasteiger partial charge in [0.1, 0.15) is 19.8 Å². The summed E-state index contributed by atoms with van der Waals surface area (Å²) >= 11 is 0. The van der Waals surface area contributed by atoms with Crippen LogP contribution >= 0.6 is 0 Å². The summed E-state index contributed by atoms with van der Waals surface area (Å²) < 4.78 is 0. The van der Waals surface area contributed by atoms with E-state index < -0.39 is 13.1 Å². The van der Waals surface area contributed by atoms with Gasteiger partial charge in [-0.1, -0.05) is 63.2 Å². The van der Waals surface area contributed by atoms with Crippen LogP contribution in [0.2, 0.25) is 11.6 Å². The molecule has 2 nitrogen and oxygen atoms in total. The van der Waals surface area contributed by atoms with Crippen LogP contribution in [-0.4, -0.2) is 19.8 Å². The monoisotopic (exact) mass is 262 g/mol. The molecule has 98 valence electrons. The standard InChI is InChI=1S/C15H22O2Si/c1-5-14(17)18(4,15(2,3)12-16)11-13-9-7-6-8-10-13/h6-10,12H,5,11H2,1-4H3. The zero-order valence-electron chi connectivity index (χ0n) is 11.7. The first-order chi connectivity index (χ1) is 8.37. The van der Waals surface area contributed by atoms with Crippen molar-refractivity contribution in [3.63, 3.8) is 0 Å². The quantitative estimate of drug-likeness (QED) is 0.582. The number of hydrogen-bond acceptors (Lipinski definition) is 2. The molecule has 0 spiro atoms. The average Bonchev–Trinajstić information content (AvgIpc) is 2.38. The van der Waals surface area contributed by atoms with Gasteiger partial charge < -0.3 is 9.59 Å². The van der Waals surface area contributed by atoms with Crippen molar-refractivity contribution < 1.29 is 9.59 Å². The second-order valence-corrected chi connectivity index (χ2v) is 10.5. The highest BCUT2D eigenvalue weighted by molar-refractivity contribution is 7.08. The molecule has 1 rings (SSSR count). The predicted molar refractivity (Wildman–Crippen MR) is 77.2 cm³/mol. The van der Waals surface area contributed by atoms with Crippen molar-refractivity contribution in [2.24, 2.45) is 0 Å². The zero-order valence-corrected chi connectivity index (χ0v) is 12.7. The number of carbonyl (C=O) groups excluding carboxylic acids is 2. The van der Waals surface area contributed by atoms with Crippen LogP contribution in [0.25, 0.3) is 0 Å². The smallest absolute Gasteiger partial charge is 0.146 e. The highest BCUT2D eigenvalue weighted by Gasteiger charge is 2.48. The van der Waals surface area contributed by atoms with Crippen molar-refractivity contribution >= 4 is 19.8 Å². The van der Waals surface area contributed by atoms with Crippen LogP contribution in [0.1, 0.15) is 32.8 Å². The zero-order chi connectivity index (χ0) is 13.8. The number of aldehydes is 1. The van der Waals surface area contributed by atoms with Crippen molar-refractivity contribution in [2.75, 3.05) is 0 Å². The van der Waals surface area contributed by atoms with Crippen LogP contribution in [0.5, 0.6) is 0 Å². The highest BCUT2D eigenvalue weighted by Crippen LogP contribution is 2.38. The fraction of sp³-hybridized carbons (Fsp3) is 0.467. The number of hydrogen-bond donors (Lipinski definition) is 0. The number of carbonyl (C=O) groups is 2. The Labute approximate surface area is 110 Å². The minimum atomic E-state index is -2.33. The molecule has 1 unspecified atom stereocenters. The largest absolute Gasteiger partial charge is 0.305 e. The Bertz CT molecular complexity index is 425. The maximum absolute atomic E-state index is 12.3. The molecular formula is C15H22O2Si. The molecule has 0 aromatic heterocycles. The Hall–Kier alpha value is -1.22. The fourth-order valence-electron chi connectivity index (χ4n) is 2.21. The lowest BCUT2D eigenvalue weighted by Gasteiger charge is -2.37. The fourth-order valence-corrected chi connectivity index (χ4v) is 5.67. The molecule has 3 heteroatoms. The van der Waals surface area contributed by atoms with Crippen molar-refractivity contribution in [1.29, 1.82) is 0 Å². The lowest BCUT2D eigenvalue weighted by Crippen LogP contribution is -2.53. The Morgan fingerprint density at radius 2 is 1.83 bits per heavy atom. The molecule has 0 saturated carbocycles. The first-order valence-corrected chi connectivity index (χ1v) is 9.11. The second-order valence-electron chi connectivity index (χ2n) is 5.61. The van der Waals surface area contributed by atoms with E-state index in [2.05, 4.69) is 0 Å². The van der Waals surface area contributed by atoms with Gasteiger partial charge in [-0.2, -0.15) is 0 Å². The minimum absolute atomic E-state index is 0.281. The van der Waals surface area contributed by atoms with Crippen LogP contribution in [0.15, 0.2) is 30.3 Å². The van der Waals surface area contributed by atoms with E-state index >= 15 is 0 Å². The van der Waals surface area contributed by atoms with E-state index in [0.29, 0.717) is 6.42 Å². The summed E-state index contributed by atoms with van der Waals surface area (Å²) in [6.45, 7) is 7.74. The molecule has 18 heavy (non-hydrogen) atoms. The lowest BCUT2D eigenvalue weighted by molar-refractivity contribution is -0.114. The van der Waals surface area contributed by atoms with Gasteiger partial charge in [-0.05, 0) is 12.5 Å². The first-order valence-electron chi connectivity index (χ1n) is 6.41. The summed E-state index contributed by atoms with van der Waals surface area (Å²) in [6.07, 6.45) is 1.49. The van der Waals surface area contributed by atoms with Crippen molar-refractivity contribution in [2.45, 2.75) is 44.8 Å². The molecule has 0 heterocycles. The third kappa shape index (κ3) is 2.78. The van der Waals surface area contributed by atoms with Crippen molar-refractivity contribution in [3.8, 4) is 0 Å². The highest BCUT2D eigenvalue weighted by atomic mass is 28.3. The minimum Gasteiger partial charge on any atom is -0.305 e. The summed E-state index contributed by atoms with van der Waals surface area (Å²) in [6, 6.07) is 10.7. The van der Waals surface area contributed by atoms with E-state index in [1.54, 1.807) is 0 Å². The van der Waals surface area contributed by atoms with E-state index in [1.165, 1.54) is 0 Å². The Balaban J connectivity index is 3.14. The summed E-state index contributed by atoms with van der Waals surface area (Å²) in [5.41, 5.74) is 1.16. The van der Waals surface area contributed by atoms with E-state index in [9.17, 15) is 9.59 Å². The second kappa shape index (κ2) is 5.61. The third-order valence-corrected chi connectivity index (χ3v) is 9.72. The number of benzene rings is 1. The molecule has 0 amide bonds. The third-order valence-electron chi connectivity index (χ3n) is 4.05. The van der Waals surface area contributed by atoms with Gasteiger partial charge in [0, 0.05) is 5.04 Å². The normalized spacial score (nSPS) is 14.9. The van der Waals surface area contributed by atoms with E-state index in [0.717, 1.165) is 17.9 Å². The Morgan fingerprint density at radius 1 is 1.28 bits per heavy atom. The van der Waals surface area contributed by atoms with Gasteiger partial charge >= 0.3 is 0 Å². The van der Waals surface area contributed by atoms with Gasteiger partial charge in [-0.3, -0.25) is 0 Å². The summed E-state index contributed by atoms with van der Waals surface area (Å²) in [7, 11) is -2.33. The van der Waals surface area contributed by atoms with E-state index in [4.69, 9.17) is 0 Å². The van der Waals surface area contributed by atoms with Crippen LogP contribution in [0.3, 0.4) is 0 Å². The molecule has 0 aliphatic carbocycles. The van der Waals surface area contributed by atoms with Gasteiger partial charge in [-0.15, -0.1) is 0 Å². The molecule has 0 radical (unpaired) electrons. The summed E-state index contributed by atoms with van der Waals surface area (Å²) in [5.74, 6) is 0. The van der Waals surface area contributed by atoms with Gasteiger partial charge in [0.2, 0.25) is 0 Å².